The number of amides is 2. The second-order valence-electron chi connectivity index (χ2n) is 5.11. The molecule has 0 unspecified atom stereocenters. The molecular weight excluding hydrogens is 344 g/mol. The summed E-state index contributed by atoms with van der Waals surface area (Å²) in [4.78, 5) is 35.8. The highest BCUT2D eigenvalue weighted by Crippen LogP contribution is 2.23. The number of hydrogen-bond acceptors (Lipinski definition) is 4. The number of para-hydroxylation sites is 1. The molecule has 0 aliphatic rings. The van der Waals surface area contributed by atoms with Gasteiger partial charge in [-0.15, -0.1) is 0 Å². The van der Waals surface area contributed by atoms with E-state index in [-0.39, 0.29) is 16.3 Å². The van der Waals surface area contributed by atoms with Gasteiger partial charge < -0.3 is 15.4 Å². The summed E-state index contributed by atoms with van der Waals surface area (Å²) in [5.41, 5.74) is 1.83. The summed E-state index contributed by atoms with van der Waals surface area (Å²) in [5.74, 6) is -2.30. The maximum absolute atomic E-state index is 12.1. The van der Waals surface area contributed by atoms with Gasteiger partial charge in [0.1, 0.15) is 0 Å². The fourth-order valence-electron chi connectivity index (χ4n) is 2.17. The van der Waals surface area contributed by atoms with Crippen LogP contribution in [0.5, 0.6) is 0 Å². The first kappa shape index (κ1) is 18.5. The number of nitrogens with one attached hydrogen (secondary N) is 2. The Balaban J connectivity index is 2.13. The molecule has 0 saturated heterocycles. The monoisotopic (exact) mass is 360 g/mol. The minimum absolute atomic E-state index is 0.147. The molecule has 6 nitrogen and oxygen atoms in total. The fourth-order valence-corrected chi connectivity index (χ4v) is 2.34. The van der Waals surface area contributed by atoms with Crippen molar-refractivity contribution in [1.82, 2.24) is 0 Å². The number of halogens is 1. The Labute approximate surface area is 150 Å². The third-order valence-electron chi connectivity index (χ3n) is 3.49. The van der Waals surface area contributed by atoms with E-state index < -0.39 is 17.8 Å². The van der Waals surface area contributed by atoms with E-state index in [9.17, 15) is 14.4 Å². The van der Waals surface area contributed by atoms with Gasteiger partial charge in [0.15, 0.2) is 0 Å². The molecule has 0 bridgehead atoms. The van der Waals surface area contributed by atoms with Crippen molar-refractivity contribution >= 4 is 40.8 Å². The number of benzene rings is 2. The molecule has 0 aliphatic heterocycles. The molecule has 0 heterocycles. The van der Waals surface area contributed by atoms with Crippen molar-refractivity contribution in [1.29, 1.82) is 0 Å². The van der Waals surface area contributed by atoms with Crippen LogP contribution in [0.2, 0.25) is 5.02 Å². The minimum Gasteiger partial charge on any atom is -0.465 e. The molecular formula is C18H17ClN2O4. The molecule has 0 fully saturated rings. The maximum Gasteiger partial charge on any atom is 0.337 e. The van der Waals surface area contributed by atoms with Crippen molar-refractivity contribution in [3.8, 4) is 0 Å². The third-order valence-corrected chi connectivity index (χ3v) is 3.82. The molecule has 0 radical (unpaired) electrons. The van der Waals surface area contributed by atoms with Crippen LogP contribution in [-0.2, 0) is 20.7 Å². The van der Waals surface area contributed by atoms with Gasteiger partial charge in [-0.2, -0.15) is 0 Å². The van der Waals surface area contributed by atoms with E-state index in [0.717, 1.165) is 5.56 Å². The smallest absolute Gasteiger partial charge is 0.337 e. The van der Waals surface area contributed by atoms with E-state index in [4.69, 9.17) is 11.6 Å². The average Bonchev–Trinajstić information content (AvgIpc) is 2.63. The van der Waals surface area contributed by atoms with Crippen LogP contribution in [0.15, 0.2) is 42.5 Å². The molecule has 2 aromatic carbocycles. The van der Waals surface area contributed by atoms with Crippen LogP contribution in [-0.4, -0.2) is 24.9 Å². The lowest BCUT2D eigenvalue weighted by molar-refractivity contribution is -0.133. The topological polar surface area (TPSA) is 84.5 Å². The lowest BCUT2D eigenvalue weighted by atomic mass is 10.1. The number of methoxy groups -OCH3 is 1. The highest BCUT2D eigenvalue weighted by Gasteiger charge is 2.17. The van der Waals surface area contributed by atoms with Gasteiger partial charge in [-0.3, -0.25) is 9.59 Å². The summed E-state index contributed by atoms with van der Waals surface area (Å²) < 4.78 is 4.61. The summed E-state index contributed by atoms with van der Waals surface area (Å²) in [5, 5.41) is 5.16. The van der Waals surface area contributed by atoms with Gasteiger partial charge in [-0.1, -0.05) is 36.7 Å². The first-order chi connectivity index (χ1) is 12.0. The summed E-state index contributed by atoms with van der Waals surface area (Å²) in [6.07, 6.45) is 0.713. The second kappa shape index (κ2) is 8.30. The number of aryl methyl sites for hydroxylation is 1. The first-order valence-corrected chi connectivity index (χ1v) is 7.92. The lowest BCUT2D eigenvalue weighted by Crippen LogP contribution is -2.29. The van der Waals surface area contributed by atoms with Crippen LogP contribution in [0.1, 0.15) is 22.8 Å². The van der Waals surface area contributed by atoms with Crippen molar-refractivity contribution in [3.63, 3.8) is 0 Å². The van der Waals surface area contributed by atoms with Gasteiger partial charge in [0.05, 0.1) is 23.4 Å². The lowest BCUT2D eigenvalue weighted by Gasteiger charge is -2.11. The van der Waals surface area contributed by atoms with E-state index in [0.29, 0.717) is 12.1 Å². The molecule has 0 saturated carbocycles. The number of ether oxygens (including phenoxy) is 1. The highest BCUT2D eigenvalue weighted by atomic mass is 35.5. The van der Waals surface area contributed by atoms with Crippen molar-refractivity contribution < 1.29 is 19.1 Å². The highest BCUT2D eigenvalue weighted by molar-refractivity contribution is 6.45. The summed E-state index contributed by atoms with van der Waals surface area (Å²) in [7, 11) is 1.24. The Kier molecular flexibility index (Phi) is 6.14. The molecule has 0 spiro atoms. The average molecular weight is 361 g/mol. The Bertz CT molecular complexity index is 820. The number of esters is 1. The van der Waals surface area contributed by atoms with Crippen molar-refractivity contribution in [3.05, 3.63) is 58.6 Å². The van der Waals surface area contributed by atoms with Gasteiger partial charge in [-0.25, -0.2) is 4.79 Å². The molecule has 2 rings (SSSR count). The van der Waals surface area contributed by atoms with Gasteiger partial charge in [0, 0.05) is 5.69 Å². The summed E-state index contributed by atoms with van der Waals surface area (Å²) >= 11 is 6.00. The molecule has 0 atom stereocenters. The third kappa shape index (κ3) is 4.58. The largest absolute Gasteiger partial charge is 0.465 e. The molecule has 2 amide bonds. The molecule has 130 valence electrons. The van der Waals surface area contributed by atoms with Crippen LogP contribution >= 0.6 is 11.6 Å². The van der Waals surface area contributed by atoms with Crippen molar-refractivity contribution in [2.45, 2.75) is 13.3 Å². The van der Waals surface area contributed by atoms with E-state index in [1.165, 1.54) is 25.3 Å². The number of hydrogen-bond donors (Lipinski definition) is 2. The Hall–Kier alpha value is -2.86. The van der Waals surface area contributed by atoms with Crippen molar-refractivity contribution in [2.75, 3.05) is 17.7 Å². The van der Waals surface area contributed by atoms with Gasteiger partial charge in [0.25, 0.3) is 0 Å². The zero-order valence-corrected chi connectivity index (χ0v) is 14.5. The van der Waals surface area contributed by atoms with Gasteiger partial charge >= 0.3 is 17.8 Å². The van der Waals surface area contributed by atoms with E-state index in [2.05, 4.69) is 15.4 Å². The molecule has 7 heteroatoms. The van der Waals surface area contributed by atoms with E-state index >= 15 is 0 Å². The van der Waals surface area contributed by atoms with Gasteiger partial charge in [-0.05, 0) is 36.2 Å². The Morgan fingerprint density at radius 2 is 1.64 bits per heavy atom. The first-order valence-electron chi connectivity index (χ1n) is 7.54. The predicted molar refractivity (Wildman–Crippen MR) is 95.9 cm³/mol. The van der Waals surface area contributed by atoms with Crippen LogP contribution < -0.4 is 10.6 Å². The molecule has 25 heavy (non-hydrogen) atoms. The Morgan fingerprint density at radius 3 is 2.28 bits per heavy atom. The number of rotatable bonds is 4. The molecule has 2 N–H and O–H groups in total. The molecule has 0 aromatic heterocycles. The predicted octanol–water partition coefficient (Wildman–Crippen LogP) is 3.27. The van der Waals surface area contributed by atoms with Crippen molar-refractivity contribution in [2.24, 2.45) is 0 Å². The Morgan fingerprint density at radius 1 is 1.00 bits per heavy atom. The van der Waals surface area contributed by atoms with Crippen LogP contribution in [0.25, 0.3) is 0 Å². The van der Waals surface area contributed by atoms with Crippen LogP contribution in [0, 0.1) is 0 Å². The van der Waals surface area contributed by atoms with Gasteiger partial charge in [0.2, 0.25) is 0 Å². The molecule has 2 aromatic rings. The normalized spacial score (nSPS) is 10.0. The second-order valence-corrected chi connectivity index (χ2v) is 5.51. The number of anilines is 2. The quantitative estimate of drug-likeness (QED) is 0.647. The van der Waals surface area contributed by atoms with E-state index in [1.54, 1.807) is 12.1 Å². The number of carbonyl (C=O) groups excluding carboxylic acids is 3. The maximum atomic E-state index is 12.1. The fraction of sp³-hybridized carbons (Fsp3) is 0.167. The zero-order chi connectivity index (χ0) is 18.4. The summed E-state index contributed by atoms with van der Waals surface area (Å²) in [6.45, 7) is 1.95. The van der Waals surface area contributed by atoms with E-state index in [1.807, 2.05) is 19.1 Å². The van der Waals surface area contributed by atoms with Crippen LogP contribution in [0.3, 0.4) is 0 Å². The SMILES string of the molecule is CCc1ccccc1NC(=O)C(=O)Nc1cc(C(=O)OC)ccc1Cl. The number of carbonyl (C=O) groups is 3. The minimum atomic E-state index is -0.894. The van der Waals surface area contributed by atoms with Crippen LogP contribution in [0.4, 0.5) is 11.4 Å². The summed E-state index contributed by atoms with van der Waals surface area (Å²) in [6, 6.07) is 11.4. The standard InChI is InChI=1S/C18H17ClN2O4/c1-3-11-6-4-5-7-14(11)20-16(22)17(23)21-15-10-12(18(24)25-2)8-9-13(15)19/h4-10H,3H2,1-2H3,(H,20,22)(H,21,23). The molecule has 0 aliphatic carbocycles. The zero-order valence-electron chi connectivity index (χ0n) is 13.8.